The Kier molecular flexibility index (Phi) is 40.9. The van der Waals surface area contributed by atoms with E-state index in [0.717, 1.165) is 25.7 Å². The first-order chi connectivity index (χ1) is 29.4. The number of nitrogens with zero attached hydrogens (tertiary/aromatic N) is 1. The Morgan fingerprint density at radius 2 is 1.08 bits per heavy atom. The van der Waals surface area contributed by atoms with Crippen LogP contribution in [0.2, 0.25) is 0 Å². The number of ether oxygens (including phenoxy) is 2. The second-order valence-electron chi connectivity index (χ2n) is 18.1. The molecule has 61 heavy (non-hydrogen) atoms. The highest BCUT2D eigenvalue weighted by atomic mass is 31.2. The molecular formula is C50H95NO9P+. The van der Waals surface area contributed by atoms with Crippen molar-refractivity contribution in [1.82, 2.24) is 0 Å². The Labute approximate surface area is 374 Å². The van der Waals surface area contributed by atoms with E-state index in [2.05, 4.69) is 26.0 Å². The van der Waals surface area contributed by atoms with Crippen molar-refractivity contribution < 1.29 is 47.2 Å². The maximum atomic E-state index is 12.7. The number of allylic oxidation sites excluding steroid dienone is 5. The van der Waals surface area contributed by atoms with E-state index in [0.29, 0.717) is 30.3 Å². The number of phosphoric ester groups is 1. The van der Waals surface area contributed by atoms with E-state index in [9.17, 15) is 24.2 Å². The van der Waals surface area contributed by atoms with Crippen LogP contribution in [0.4, 0.5) is 0 Å². The zero-order chi connectivity index (χ0) is 45.1. The van der Waals surface area contributed by atoms with Crippen LogP contribution in [0.1, 0.15) is 213 Å². The van der Waals surface area contributed by atoms with E-state index in [4.69, 9.17) is 18.5 Å². The summed E-state index contributed by atoms with van der Waals surface area (Å²) in [6, 6.07) is 0. The highest BCUT2D eigenvalue weighted by Gasteiger charge is 2.27. The number of likely N-dealkylation sites (N-methyl/N-ethyl adjacent to an activating group) is 1. The number of hydrogen-bond acceptors (Lipinski definition) is 8. The van der Waals surface area contributed by atoms with Gasteiger partial charge in [-0.1, -0.05) is 198 Å². The number of rotatable bonds is 45. The van der Waals surface area contributed by atoms with Gasteiger partial charge in [-0.05, 0) is 38.5 Å². The van der Waals surface area contributed by atoms with Gasteiger partial charge in [-0.3, -0.25) is 18.6 Å². The molecule has 2 N–H and O–H groups in total. The lowest BCUT2D eigenvalue weighted by Crippen LogP contribution is -2.37. The summed E-state index contributed by atoms with van der Waals surface area (Å²) in [4.78, 5) is 35.5. The maximum absolute atomic E-state index is 12.7. The lowest BCUT2D eigenvalue weighted by atomic mass is 10.0. The molecule has 0 aromatic heterocycles. The van der Waals surface area contributed by atoms with E-state index in [1.165, 1.54) is 141 Å². The predicted octanol–water partition coefficient (Wildman–Crippen LogP) is 13.4. The van der Waals surface area contributed by atoms with Gasteiger partial charge in [0.1, 0.15) is 19.8 Å². The fourth-order valence-electron chi connectivity index (χ4n) is 6.85. The minimum Gasteiger partial charge on any atom is -0.462 e. The lowest BCUT2D eigenvalue weighted by Gasteiger charge is -2.24. The van der Waals surface area contributed by atoms with E-state index >= 15 is 0 Å². The fraction of sp³-hybridized carbons (Fsp3) is 0.840. The Morgan fingerprint density at radius 3 is 1.61 bits per heavy atom. The summed E-state index contributed by atoms with van der Waals surface area (Å²) in [7, 11) is 1.37. The molecule has 0 rings (SSSR count). The lowest BCUT2D eigenvalue weighted by molar-refractivity contribution is -0.870. The molecule has 0 saturated heterocycles. The van der Waals surface area contributed by atoms with Crippen molar-refractivity contribution >= 4 is 19.8 Å². The molecule has 0 fully saturated rings. The highest BCUT2D eigenvalue weighted by Crippen LogP contribution is 2.43. The summed E-state index contributed by atoms with van der Waals surface area (Å²) in [5.41, 5.74) is 0. The number of quaternary nitrogens is 1. The van der Waals surface area contributed by atoms with Crippen molar-refractivity contribution in [3.05, 3.63) is 36.5 Å². The van der Waals surface area contributed by atoms with Crippen molar-refractivity contribution in [1.29, 1.82) is 0 Å². The number of carbonyl (C=O) groups is 2. The van der Waals surface area contributed by atoms with E-state index < -0.39 is 38.6 Å². The molecule has 0 heterocycles. The average Bonchev–Trinajstić information content (AvgIpc) is 3.21. The Balaban J connectivity index is 4.42. The van der Waals surface area contributed by atoms with Crippen LogP contribution in [-0.4, -0.2) is 86.1 Å². The fourth-order valence-corrected chi connectivity index (χ4v) is 7.59. The summed E-state index contributed by atoms with van der Waals surface area (Å²) in [5.74, 6) is -0.987. The Morgan fingerprint density at radius 1 is 0.590 bits per heavy atom. The number of aliphatic hydroxyl groups excluding tert-OH is 1. The molecule has 0 bridgehead atoms. The second-order valence-corrected chi connectivity index (χ2v) is 19.5. The van der Waals surface area contributed by atoms with Gasteiger partial charge in [0.25, 0.3) is 0 Å². The first-order valence-corrected chi connectivity index (χ1v) is 26.3. The van der Waals surface area contributed by atoms with E-state index in [-0.39, 0.29) is 26.1 Å². The van der Waals surface area contributed by atoms with Gasteiger partial charge in [-0.2, -0.15) is 0 Å². The molecule has 0 aliphatic rings. The molecular weight excluding hydrogens is 790 g/mol. The van der Waals surface area contributed by atoms with Crippen LogP contribution in [-0.2, 0) is 32.7 Å². The average molecular weight is 885 g/mol. The monoisotopic (exact) mass is 885 g/mol. The first-order valence-electron chi connectivity index (χ1n) is 24.8. The third-order valence-electron chi connectivity index (χ3n) is 10.8. The molecule has 0 aliphatic carbocycles. The normalized spacial score (nSPS) is 14.3. The van der Waals surface area contributed by atoms with Crippen molar-refractivity contribution in [2.24, 2.45) is 0 Å². The van der Waals surface area contributed by atoms with Crippen molar-refractivity contribution in [3.8, 4) is 0 Å². The molecule has 0 saturated carbocycles. The molecule has 0 radical (unpaired) electrons. The largest absolute Gasteiger partial charge is 0.472 e. The molecule has 0 aromatic rings. The Hall–Kier alpha value is -1.81. The van der Waals surface area contributed by atoms with Gasteiger partial charge >= 0.3 is 19.8 Å². The van der Waals surface area contributed by atoms with Crippen LogP contribution in [0, 0.1) is 0 Å². The van der Waals surface area contributed by atoms with E-state index in [1.54, 1.807) is 6.08 Å². The molecule has 3 atom stereocenters. The molecule has 0 aromatic carbocycles. The van der Waals surface area contributed by atoms with Gasteiger partial charge in [0.2, 0.25) is 0 Å². The molecule has 2 unspecified atom stereocenters. The summed E-state index contributed by atoms with van der Waals surface area (Å²) < 4.78 is 34.2. The Bertz CT molecular complexity index is 1150. The number of aliphatic hydroxyl groups is 1. The molecule has 0 aliphatic heterocycles. The summed E-state index contributed by atoms with van der Waals surface area (Å²) >= 11 is 0. The van der Waals surface area contributed by atoms with Gasteiger partial charge in [-0.25, -0.2) is 4.57 Å². The number of phosphoric acid groups is 1. The van der Waals surface area contributed by atoms with Gasteiger partial charge < -0.3 is 24.0 Å². The van der Waals surface area contributed by atoms with Crippen LogP contribution in [0.15, 0.2) is 36.5 Å². The molecule has 0 amide bonds. The predicted molar refractivity (Wildman–Crippen MR) is 253 cm³/mol. The van der Waals surface area contributed by atoms with Crippen molar-refractivity contribution in [2.75, 3.05) is 47.5 Å². The number of carbonyl (C=O) groups excluding carboxylic acids is 2. The van der Waals surface area contributed by atoms with Crippen LogP contribution in [0.25, 0.3) is 0 Å². The maximum Gasteiger partial charge on any atom is 0.472 e. The quantitative estimate of drug-likeness (QED) is 0.0153. The summed E-state index contributed by atoms with van der Waals surface area (Å²) in [6.45, 7) is 4.22. The number of unbranched alkanes of at least 4 members (excludes halogenated alkanes) is 24. The molecule has 0 spiro atoms. The highest BCUT2D eigenvalue weighted by molar-refractivity contribution is 7.47. The molecule has 358 valence electrons. The van der Waals surface area contributed by atoms with Crippen LogP contribution in [0.5, 0.6) is 0 Å². The molecule has 11 heteroatoms. The van der Waals surface area contributed by atoms with Crippen LogP contribution in [0.3, 0.4) is 0 Å². The van der Waals surface area contributed by atoms with Gasteiger partial charge in [0, 0.05) is 12.8 Å². The summed E-state index contributed by atoms with van der Waals surface area (Å²) in [5, 5.41) is 10.3. The van der Waals surface area contributed by atoms with Crippen LogP contribution >= 0.6 is 7.82 Å². The number of esters is 2. The second kappa shape index (κ2) is 42.2. The molecule has 10 nitrogen and oxygen atoms in total. The van der Waals surface area contributed by atoms with Gasteiger partial charge in [0.15, 0.2) is 6.10 Å². The third-order valence-corrected chi connectivity index (χ3v) is 11.8. The minimum absolute atomic E-state index is 0.000914. The topological polar surface area (TPSA) is 129 Å². The van der Waals surface area contributed by atoms with Crippen LogP contribution < -0.4 is 0 Å². The zero-order valence-electron chi connectivity index (χ0n) is 40.0. The first kappa shape index (κ1) is 59.2. The SMILES string of the molecule is CCCCCCCC/C=C/C/C=C/C=C/C(O)CCCC(=O)O[C@H](COC(=O)CCCCCCCCCCCCCCCCCCCCC)COP(=O)(O)OCC[N+](C)(C)C. The third kappa shape index (κ3) is 46.0. The number of hydrogen-bond donors (Lipinski definition) is 2. The minimum atomic E-state index is -4.43. The standard InChI is InChI=1S/C50H94NO9P/c1-6-8-10-12-14-16-18-20-21-22-23-24-25-27-29-31-33-35-37-41-49(53)57-45-48(46-59-61(55,56)58-44-43-51(3,4)5)60-50(54)42-38-40-47(52)39-36-34-32-30-28-26-19-17-15-13-11-9-7-2/h26,28,32,34,36,39,47-48,52H,6-25,27,29-31,33,35,37-38,40-46H2,1-5H3/p+1/b28-26+,34-32+,39-36+/t47?,48-/m1/s1. The smallest absolute Gasteiger partial charge is 0.462 e. The van der Waals surface area contributed by atoms with Crippen molar-refractivity contribution in [2.45, 2.75) is 225 Å². The van der Waals surface area contributed by atoms with E-state index in [1.807, 2.05) is 39.4 Å². The van der Waals surface area contributed by atoms with Gasteiger partial charge in [0.05, 0.1) is 33.9 Å². The summed E-state index contributed by atoms with van der Waals surface area (Å²) in [6.07, 6.45) is 45.1. The van der Waals surface area contributed by atoms with Gasteiger partial charge in [-0.15, -0.1) is 0 Å². The zero-order valence-corrected chi connectivity index (χ0v) is 40.9. The van der Waals surface area contributed by atoms with Crippen molar-refractivity contribution in [3.63, 3.8) is 0 Å².